The second-order valence-electron chi connectivity index (χ2n) is 5.35. The summed E-state index contributed by atoms with van der Waals surface area (Å²) < 4.78 is 26.9. The van der Waals surface area contributed by atoms with Crippen LogP contribution in [0, 0.1) is 11.6 Å². The minimum Gasteiger partial charge on any atom is -0.389 e. The summed E-state index contributed by atoms with van der Waals surface area (Å²) in [6.07, 6.45) is 0.249. The molecule has 1 aromatic carbocycles. The highest BCUT2D eigenvalue weighted by Gasteiger charge is 2.24. The van der Waals surface area contributed by atoms with Gasteiger partial charge in [-0.15, -0.1) is 0 Å². The lowest BCUT2D eigenvalue weighted by Gasteiger charge is -2.30. The molecule has 0 bridgehead atoms. The van der Waals surface area contributed by atoms with Crippen molar-refractivity contribution in [2.75, 3.05) is 0 Å². The lowest BCUT2D eigenvalue weighted by Crippen LogP contribution is -2.48. The predicted octanol–water partition coefficient (Wildman–Crippen LogP) is 2.64. The molecule has 0 heterocycles. The monoisotopic (exact) mass is 257 g/mol. The quantitative estimate of drug-likeness (QED) is 0.850. The maximum atomic E-state index is 13.5. The van der Waals surface area contributed by atoms with Crippen molar-refractivity contribution in [3.63, 3.8) is 0 Å². The van der Waals surface area contributed by atoms with E-state index in [0.29, 0.717) is 0 Å². The fourth-order valence-corrected chi connectivity index (χ4v) is 1.72. The van der Waals surface area contributed by atoms with Gasteiger partial charge in [0, 0.05) is 17.6 Å². The average molecular weight is 257 g/mol. The normalized spacial score (nSPS) is 15.5. The molecule has 0 aliphatic heterocycles. The summed E-state index contributed by atoms with van der Waals surface area (Å²) in [5.74, 6) is -1.06. The van der Waals surface area contributed by atoms with Crippen molar-refractivity contribution >= 4 is 0 Å². The smallest absolute Gasteiger partial charge is 0.129 e. The van der Waals surface area contributed by atoms with Crippen molar-refractivity contribution in [2.24, 2.45) is 0 Å². The van der Waals surface area contributed by atoms with E-state index in [9.17, 15) is 13.9 Å². The summed E-state index contributed by atoms with van der Waals surface area (Å²) in [6, 6.07) is 3.57. The van der Waals surface area contributed by atoms with Crippen molar-refractivity contribution in [1.29, 1.82) is 0 Å². The molecule has 0 aliphatic carbocycles. The molecular formula is C14H21F2NO. The van der Waals surface area contributed by atoms with Crippen LogP contribution in [-0.4, -0.2) is 22.8 Å². The number of hydrogen-bond donors (Lipinski definition) is 2. The highest BCUT2D eigenvalue weighted by Crippen LogP contribution is 2.15. The molecule has 2 atom stereocenters. The maximum absolute atomic E-state index is 13.5. The topological polar surface area (TPSA) is 32.3 Å². The van der Waals surface area contributed by atoms with Crippen molar-refractivity contribution in [3.05, 3.63) is 35.4 Å². The number of hydrogen-bond acceptors (Lipinski definition) is 2. The van der Waals surface area contributed by atoms with Gasteiger partial charge in [-0.25, -0.2) is 8.78 Å². The van der Waals surface area contributed by atoms with Gasteiger partial charge < -0.3 is 10.4 Å². The predicted molar refractivity (Wildman–Crippen MR) is 68.4 cm³/mol. The Morgan fingerprint density at radius 2 is 1.72 bits per heavy atom. The highest BCUT2D eigenvalue weighted by atomic mass is 19.1. The molecule has 1 aromatic rings. The number of halogens is 2. The zero-order chi connectivity index (χ0) is 13.9. The van der Waals surface area contributed by atoms with Crippen LogP contribution < -0.4 is 5.32 Å². The van der Waals surface area contributed by atoms with Gasteiger partial charge in [0.25, 0.3) is 0 Å². The Bertz CT molecular complexity index is 381. The van der Waals surface area contributed by atoms with E-state index in [4.69, 9.17) is 0 Å². The first kappa shape index (κ1) is 15.1. The Balaban J connectivity index is 2.68. The minimum atomic E-state index is -0.873. The fraction of sp³-hybridized carbons (Fsp3) is 0.571. The molecular weight excluding hydrogens is 236 g/mol. The van der Waals surface area contributed by atoms with E-state index < -0.39 is 17.2 Å². The zero-order valence-electron chi connectivity index (χ0n) is 11.3. The lowest BCUT2D eigenvalue weighted by atomic mass is 9.98. The van der Waals surface area contributed by atoms with E-state index in [1.165, 1.54) is 18.2 Å². The first-order valence-electron chi connectivity index (χ1n) is 6.13. The number of aliphatic hydroxyl groups is 1. The van der Waals surface area contributed by atoms with E-state index in [0.717, 1.165) is 0 Å². The summed E-state index contributed by atoms with van der Waals surface area (Å²) in [4.78, 5) is 0. The second-order valence-corrected chi connectivity index (χ2v) is 5.35. The highest BCUT2D eigenvalue weighted by molar-refractivity contribution is 5.20. The van der Waals surface area contributed by atoms with Crippen LogP contribution in [0.25, 0.3) is 0 Å². The second kappa shape index (κ2) is 5.76. The number of nitrogens with one attached hydrogen (secondary N) is 1. The Morgan fingerprint density at radius 1 is 1.22 bits per heavy atom. The van der Waals surface area contributed by atoms with Crippen molar-refractivity contribution < 1.29 is 13.9 Å². The van der Waals surface area contributed by atoms with E-state index >= 15 is 0 Å². The molecule has 0 spiro atoms. The molecule has 0 saturated heterocycles. The lowest BCUT2D eigenvalue weighted by molar-refractivity contribution is 0.0405. The minimum absolute atomic E-state index is 0.0837. The van der Waals surface area contributed by atoms with Crippen LogP contribution in [0.5, 0.6) is 0 Å². The number of rotatable bonds is 5. The molecule has 0 saturated carbocycles. The molecule has 1 rings (SSSR count). The standard InChI is InChI=1S/C14H21F2NO/c1-9(17-10(2)14(3,4)18)8-11-12(15)6-5-7-13(11)16/h5-7,9-10,17-18H,8H2,1-4H3. The van der Waals surface area contributed by atoms with E-state index in [-0.39, 0.29) is 24.1 Å². The third kappa shape index (κ3) is 4.03. The summed E-state index contributed by atoms with van der Waals surface area (Å²) in [5, 5.41) is 12.9. The van der Waals surface area contributed by atoms with Gasteiger partial charge in [-0.1, -0.05) is 6.07 Å². The first-order chi connectivity index (χ1) is 8.21. The zero-order valence-corrected chi connectivity index (χ0v) is 11.3. The van der Waals surface area contributed by atoms with Crippen LogP contribution in [0.2, 0.25) is 0 Å². The van der Waals surface area contributed by atoms with Gasteiger partial charge in [0.05, 0.1) is 5.60 Å². The Hall–Kier alpha value is -1.00. The third-order valence-corrected chi connectivity index (χ3v) is 3.17. The third-order valence-electron chi connectivity index (χ3n) is 3.17. The molecule has 0 aromatic heterocycles. The summed E-state index contributed by atoms with van der Waals surface area (Å²) in [7, 11) is 0. The van der Waals surface area contributed by atoms with Crippen molar-refractivity contribution in [3.8, 4) is 0 Å². The average Bonchev–Trinajstić information content (AvgIpc) is 2.22. The van der Waals surface area contributed by atoms with Gasteiger partial charge in [0.1, 0.15) is 11.6 Å². The van der Waals surface area contributed by atoms with Gasteiger partial charge in [0.2, 0.25) is 0 Å². The summed E-state index contributed by atoms with van der Waals surface area (Å²) in [5.41, 5.74) is -0.789. The van der Waals surface area contributed by atoms with Crippen LogP contribution >= 0.6 is 0 Å². The Kier molecular flexibility index (Phi) is 4.82. The van der Waals surface area contributed by atoms with Gasteiger partial charge in [-0.3, -0.25) is 0 Å². The van der Waals surface area contributed by atoms with Gasteiger partial charge in [0.15, 0.2) is 0 Å². The fourth-order valence-electron chi connectivity index (χ4n) is 1.72. The molecule has 2 nitrogen and oxygen atoms in total. The SMILES string of the molecule is CC(Cc1c(F)cccc1F)NC(C)C(C)(C)O. The molecule has 0 amide bonds. The summed E-state index contributed by atoms with van der Waals surface area (Å²) >= 11 is 0. The van der Waals surface area contributed by atoms with Gasteiger partial charge in [-0.05, 0) is 46.2 Å². The number of benzene rings is 1. The van der Waals surface area contributed by atoms with E-state index in [2.05, 4.69) is 5.32 Å². The van der Waals surface area contributed by atoms with Gasteiger partial charge >= 0.3 is 0 Å². The molecule has 0 radical (unpaired) electrons. The molecule has 2 unspecified atom stereocenters. The van der Waals surface area contributed by atoms with Crippen LogP contribution in [0.1, 0.15) is 33.3 Å². The first-order valence-corrected chi connectivity index (χ1v) is 6.13. The van der Waals surface area contributed by atoms with Crippen molar-refractivity contribution in [1.82, 2.24) is 5.32 Å². The van der Waals surface area contributed by atoms with Crippen LogP contribution in [0.15, 0.2) is 18.2 Å². The molecule has 2 N–H and O–H groups in total. The van der Waals surface area contributed by atoms with Crippen LogP contribution in [-0.2, 0) is 6.42 Å². The van der Waals surface area contributed by atoms with Crippen LogP contribution in [0.4, 0.5) is 8.78 Å². The maximum Gasteiger partial charge on any atom is 0.129 e. The Morgan fingerprint density at radius 3 is 2.17 bits per heavy atom. The van der Waals surface area contributed by atoms with E-state index in [1.807, 2.05) is 13.8 Å². The molecule has 4 heteroatoms. The summed E-state index contributed by atoms with van der Waals surface area (Å²) in [6.45, 7) is 7.07. The molecule has 0 aliphatic rings. The molecule has 102 valence electrons. The van der Waals surface area contributed by atoms with Crippen LogP contribution in [0.3, 0.4) is 0 Å². The molecule has 0 fully saturated rings. The van der Waals surface area contributed by atoms with E-state index in [1.54, 1.807) is 13.8 Å². The molecule has 18 heavy (non-hydrogen) atoms. The largest absolute Gasteiger partial charge is 0.389 e. The Labute approximate surface area is 107 Å². The van der Waals surface area contributed by atoms with Gasteiger partial charge in [-0.2, -0.15) is 0 Å². The van der Waals surface area contributed by atoms with Crippen molar-refractivity contribution in [2.45, 2.75) is 51.8 Å².